The Hall–Kier alpha value is -3.19. The molecule has 2 aromatic carbocycles. The van der Waals surface area contributed by atoms with E-state index in [0.29, 0.717) is 12.1 Å². The Labute approximate surface area is 183 Å². The number of esters is 1. The summed E-state index contributed by atoms with van der Waals surface area (Å²) in [5, 5.41) is 3.26. The number of urea groups is 1. The molecule has 3 rings (SSSR count). The van der Waals surface area contributed by atoms with Gasteiger partial charge in [-0.3, -0.25) is 10.1 Å². The molecule has 3 amide bonds. The van der Waals surface area contributed by atoms with Gasteiger partial charge >= 0.3 is 12.0 Å². The summed E-state index contributed by atoms with van der Waals surface area (Å²) in [6.45, 7) is 5.80. The predicted octanol–water partition coefficient (Wildman–Crippen LogP) is 3.12. The summed E-state index contributed by atoms with van der Waals surface area (Å²) in [4.78, 5) is 41.6. The van der Waals surface area contributed by atoms with Gasteiger partial charge in [-0.25, -0.2) is 14.5 Å². The van der Waals surface area contributed by atoms with Crippen LogP contribution in [0.15, 0.2) is 60.7 Å². The van der Waals surface area contributed by atoms with Crippen LogP contribution in [-0.4, -0.2) is 52.9 Å². The van der Waals surface area contributed by atoms with Gasteiger partial charge in [0, 0.05) is 13.6 Å². The predicted molar refractivity (Wildman–Crippen MR) is 117 cm³/mol. The lowest BCUT2D eigenvalue weighted by atomic mass is 10.0. The van der Waals surface area contributed by atoms with Gasteiger partial charge in [0.15, 0.2) is 6.04 Å². The minimum Gasteiger partial charge on any atom is -0.458 e. The van der Waals surface area contributed by atoms with Crippen LogP contribution >= 0.6 is 0 Å². The fraction of sp³-hybridized carbons (Fsp3) is 0.375. The van der Waals surface area contributed by atoms with Crippen molar-refractivity contribution in [2.45, 2.75) is 45.0 Å². The van der Waals surface area contributed by atoms with Crippen molar-refractivity contribution >= 4 is 17.9 Å². The molecular weight excluding hydrogens is 394 g/mol. The number of hydrogen-bond acceptors (Lipinski definition) is 5. The van der Waals surface area contributed by atoms with Crippen LogP contribution in [0.3, 0.4) is 0 Å². The summed E-state index contributed by atoms with van der Waals surface area (Å²) in [5.74, 6) is -1.07. The zero-order valence-electron chi connectivity index (χ0n) is 18.4. The van der Waals surface area contributed by atoms with Crippen LogP contribution < -0.4 is 5.32 Å². The first-order valence-corrected chi connectivity index (χ1v) is 10.3. The molecule has 0 bridgehead atoms. The molecule has 1 aliphatic heterocycles. The molecule has 1 aliphatic rings. The Morgan fingerprint density at radius 3 is 2.23 bits per heavy atom. The monoisotopic (exact) mass is 423 g/mol. The molecule has 2 aromatic rings. The van der Waals surface area contributed by atoms with E-state index in [0.717, 1.165) is 10.5 Å². The van der Waals surface area contributed by atoms with E-state index in [2.05, 4.69) is 5.32 Å². The average Bonchev–Trinajstić information content (AvgIpc) is 3.03. The highest BCUT2D eigenvalue weighted by atomic mass is 16.6. The van der Waals surface area contributed by atoms with Gasteiger partial charge in [-0.1, -0.05) is 60.7 Å². The molecule has 0 aromatic heterocycles. The van der Waals surface area contributed by atoms with Gasteiger partial charge in [0.2, 0.25) is 0 Å². The van der Waals surface area contributed by atoms with Crippen LogP contribution in [0.5, 0.6) is 0 Å². The van der Waals surface area contributed by atoms with Gasteiger partial charge in [-0.05, 0) is 31.9 Å². The lowest BCUT2D eigenvalue weighted by Crippen LogP contribution is -2.50. The Kier molecular flexibility index (Phi) is 6.75. The van der Waals surface area contributed by atoms with E-state index in [-0.39, 0.29) is 6.54 Å². The maximum atomic E-state index is 13.6. The van der Waals surface area contributed by atoms with Crippen LogP contribution in [0.25, 0.3) is 0 Å². The van der Waals surface area contributed by atoms with Gasteiger partial charge in [0.25, 0.3) is 5.91 Å². The molecule has 0 radical (unpaired) electrons. The lowest BCUT2D eigenvalue weighted by molar-refractivity contribution is -0.162. The normalized spacial score (nSPS) is 17.5. The molecule has 1 heterocycles. The van der Waals surface area contributed by atoms with Crippen molar-refractivity contribution in [3.05, 3.63) is 71.8 Å². The second-order valence-electron chi connectivity index (χ2n) is 8.63. The number of nitrogens with zero attached hydrogens (tertiary/aromatic N) is 2. The molecule has 0 saturated carbocycles. The maximum absolute atomic E-state index is 13.6. The third-order valence-corrected chi connectivity index (χ3v) is 4.94. The van der Waals surface area contributed by atoms with E-state index in [9.17, 15) is 14.4 Å². The second kappa shape index (κ2) is 9.31. The third-order valence-electron chi connectivity index (χ3n) is 4.94. The average molecular weight is 424 g/mol. The largest absolute Gasteiger partial charge is 0.458 e. The molecule has 0 unspecified atom stereocenters. The van der Waals surface area contributed by atoms with Crippen LogP contribution in [0, 0.1) is 0 Å². The summed E-state index contributed by atoms with van der Waals surface area (Å²) in [6.07, 6.45) is 0. The van der Waals surface area contributed by atoms with Crippen LogP contribution in [0.4, 0.5) is 4.79 Å². The van der Waals surface area contributed by atoms with Gasteiger partial charge < -0.3 is 9.64 Å². The topological polar surface area (TPSA) is 79.0 Å². The zero-order valence-corrected chi connectivity index (χ0v) is 18.4. The molecule has 2 atom stereocenters. The first-order chi connectivity index (χ1) is 14.7. The number of likely N-dealkylation sites (N-methyl/N-ethyl adjacent to an activating group) is 1. The Morgan fingerprint density at radius 2 is 1.65 bits per heavy atom. The standard InChI is InChI=1S/C24H29N3O4/c1-24(2,3)31-22(29)19-16-26(4)23(30)27(19)21(28)20(18-13-9-6-10-14-18)25-15-17-11-7-5-8-12-17/h5-14,19-20,25H,15-16H2,1-4H3/t19-,20-/m0/s1. The quantitative estimate of drug-likeness (QED) is 0.723. The van der Waals surface area contributed by atoms with Gasteiger partial charge in [-0.2, -0.15) is 0 Å². The molecule has 1 saturated heterocycles. The molecular formula is C24H29N3O4. The number of benzene rings is 2. The highest BCUT2D eigenvalue weighted by Crippen LogP contribution is 2.25. The molecule has 7 heteroatoms. The number of nitrogens with one attached hydrogen (secondary N) is 1. The summed E-state index contributed by atoms with van der Waals surface area (Å²) in [5.41, 5.74) is 0.999. The van der Waals surface area contributed by atoms with Gasteiger partial charge in [-0.15, -0.1) is 0 Å². The van der Waals surface area contributed by atoms with Crippen molar-refractivity contribution in [3.63, 3.8) is 0 Å². The van der Waals surface area contributed by atoms with E-state index in [1.165, 1.54) is 4.90 Å². The number of ether oxygens (including phenoxy) is 1. The van der Waals surface area contributed by atoms with Crippen molar-refractivity contribution in [1.29, 1.82) is 0 Å². The Balaban J connectivity index is 1.88. The van der Waals surface area contributed by atoms with Crippen LogP contribution in [0.1, 0.15) is 37.9 Å². The van der Waals surface area contributed by atoms with E-state index >= 15 is 0 Å². The molecule has 1 fully saturated rings. The molecule has 1 N–H and O–H groups in total. The highest BCUT2D eigenvalue weighted by molar-refractivity contribution is 6.03. The van der Waals surface area contributed by atoms with Crippen molar-refractivity contribution < 1.29 is 19.1 Å². The smallest absolute Gasteiger partial charge is 0.331 e. The summed E-state index contributed by atoms with van der Waals surface area (Å²) < 4.78 is 5.48. The lowest BCUT2D eigenvalue weighted by Gasteiger charge is -2.28. The van der Waals surface area contributed by atoms with Crippen molar-refractivity contribution in [2.75, 3.05) is 13.6 Å². The molecule has 0 spiro atoms. The van der Waals surface area contributed by atoms with Crippen LogP contribution in [0.2, 0.25) is 0 Å². The molecule has 31 heavy (non-hydrogen) atoms. The highest BCUT2D eigenvalue weighted by Gasteiger charge is 2.47. The Morgan fingerprint density at radius 1 is 1.06 bits per heavy atom. The molecule has 0 aliphatic carbocycles. The first kappa shape index (κ1) is 22.5. The number of rotatable bonds is 6. The summed E-state index contributed by atoms with van der Waals surface area (Å²) in [6, 6.07) is 16.6. The first-order valence-electron chi connectivity index (χ1n) is 10.3. The van der Waals surface area contributed by atoms with Gasteiger partial charge in [0.1, 0.15) is 11.6 Å². The number of imide groups is 1. The third kappa shape index (κ3) is 5.49. The van der Waals surface area contributed by atoms with Gasteiger partial charge in [0.05, 0.1) is 6.54 Å². The number of carbonyl (C=O) groups excluding carboxylic acids is 3. The van der Waals surface area contributed by atoms with E-state index < -0.39 is 35.6 Å². The van der Waals surface area contributed by atoms with E-state index in [1.54, 1.807) is 27.8 Å². The minimum atomic E-state index is -0.992. The molecule has 164 valence electrons. The van der Waals surface area contributed by atoms with Crippen molar-refractivity contribution in [2.24, 2.45) is 0 Å². The van der Waals surface area contributed by atoms with Crippen molar-refractivity contribution in [3.8, 4) is 0 Å². The van der Waals surface area contributed by atoms with Crippen molar-refractivity contribution in [1.82, 2.24) is 15.1 Å². The number of amides is 3. The fourth-order valence-electron chi connectivity index (χ4n) is 3.48. The zero-order chi connectivity index (χ0) is 22.6. The SMILES string of the molecule is CN1C[C@@H](C(=O)OC(C)(C)C)N(C(=O)[C@@H](NCc2ccccc2)c2ccccc2)C1=O. The van der Waals surface area contributed by atoms with E-state index in [1.807, 2.05) is 60.7 Å². The number of carbonyl (C=O) groups is 3. The maximum Gasteiger partial charge on any atom is 0.331 e. The molecule has 7 nitrogen and oxygen atoms in total. The fourth-order valence-corrected chi connectivity index (χ4v) is 3.48. The van der Waals surface area contributed by atoms with Crippen LogP contribution in [-0.2, 0) is 20.9 Å². The minimum absolute atomic E-state index is 0.0969. The van der Waals surface area contributed by atoms with E-state index in [4.69, 9.17) is 4.74 Å². The number of hydrogen-bond donors (Lipinski definition) is 1. The summed E-state index contributed by atoms with van der Waals surface area (Å²) >= 11 is 0. The second-order valence-corrected chi connectivity index (χ2v) is 8.63. The summed E-state index contributed by atoms with van der Waals surface area (Å²) in [7, 11) is 1.57. The Bertz CT molecular complexity index is 925.